The van der Waals surface area contributed by atoms with Crippen LogP contribution < -0.4 is 0 Å². The van der Waals surface area contributed by atoms with Crippen molar-refractivity contribution < 1.29 is 13.6 Å². The van der Waals surface area contributed by atoms with Gasteiger partial charge in [-0.3, -0.25) is 4.79 Å². The molecule has 1 atom stereocenters. The molecule has 0 spiro atoms. The molecule has 1 aromatic carbocycles. The number of piperidine rings is 1. The van der Waals surface area contributed by atoms with Crippen molar-refractivity contribution in [2.75, 3.05) is 13.1 Å². The van der Waals surface area contributed by atoms with Crippen LogP contribution in [-0.2, 0) is 0 Å². The average molecular weight is 260 g/mol. The molecule has 1 amide bonds. The lowest BCUT2D eigenvalue weighted by Gasteiger charge is -2.30. The van der Waals surface area contributed by atoms with Crippen LogP contribution in [-0.4, -0.2) is 29.3 Å². The Balaban J connectivity index is 2.24. The van der Waals surface area contributed by atoms with Gasteiger partial charge in [0.05, 0.1) is 5.38 Å². The number of hydrogen-bond acceptors (Lipinski definition) is 1. The second-order valence-corrected chi connectivity index (χ2v) is 4.70. The lowest BCUT2D eigenvalue weighted by atomic mass is 10.1. The average Bonchev–Trinajstić information content (AvgIpc) is 2.28. The second kappa shape index (κ2) is 5.00. The Kier molecular flexibility index (Phi) is 3.62. The van der Waals surface area contributed by atoms with E-state index in [-0.39, 0.29) is 5.38 Å². The summed E-state index contributed by atoms with van der Waals surface area (Å²) < 4.78 is 26.9. The number of hydrogen-bond donors (Lipinski definition) is 0. The highest BCUT2D eigenvalue weighted by Crippen LogP contribution is 2.20. The fourth-order valence-corrected chi connectivity index (χ4v) is 2.29. The summed E-state index contributed by atoms with van der Waals surface area (Å²) in [5, 5.41) is -0.137. The van der Waals surface area contributed by atoms with Crippen molar-refractivity contribution in [3.8, 4) is 0 Å². The predicted octanol–water partition coefficient (Wildman–Crippen LogP) is 2.81. The highest BCUT2D eigenvalue weighted by Gasteiger charge is 2.27. The molecule has 1 unspecified atom stereocenters. The summed E-state index contributed by atoms with van der Waals surface area (Å²) in [4.78, 5) is 13.4. The summed E-state index contributed by atoms with van der Waals surface area (Å²) in [6.45, 7) is 0.837. The summed E-state index contributed by atoms with van der Waals surface area (Å²) in [5.41, 5.74) is -0.488. The van der Waals surface area contributed by atoms with Crippen LogP contribution in [0.25, 0.3) is 0 Å². The third kappa shape index (κ3) is 2.57. The molecule has 0 bridgehead atoms. The Bertz CT molecular complexity index is 418. The van der Waals surface area contributed by atoms with E-state index in [1.165, 1.54) is 11.0 Å². The normalized spacial score (nSPS) is 20.4. The summed E-state index contributed by atoms with van der Waals surface area (Å²) in [7, 11) is 0. The van der Waals surface area contributed by atoms with Gasteiger partial charge in [0.15, 0.2) is 0 Å². The first-order valence-corrected chi connectivity index (χ1v) is 5.90. The van der Waals surface area contributed by atoms with E-state index in [0.717, 1.165) is 25.0 Å². The smallest absolute Gasteiger partial charge is 0.259 e. The van der Waals surface area contributed by atoms with Gasteiger partial charge in [0, 0.05) is 13.1 Å². The van der Waals surface area contributed by atoms with Crippen LogP contribution in [0.3, 0.4) is 0 Å². The van der Waals surface area contributed by atoms with Gasteiger partial charge in [0.1, 0.15) is 17.2 Å². The van der Waals surface area contributed by atoms with Crippen LogP contribution in [0.15, 0.2) is 18.2 Å². The zero-order valence-electron chi connectivity index (χ0n) is 9.13. The van der Waals surface area contributed by atoms with Crippen molar-refractivity contribution >= 4 is 17.5 Å². The molecule has 1 fully saturated rings. The van der Waals surface area contributed by atoms with E-state index in [4.69, 9.17) is 11.6 Å². The molecule has 1 aliphatic rings. The van der Waals surface area contributed by atoms with Crippen molar-refractivity contribution in [1.82, 2.24) is 4.90 Å². The maximum Gasteiger partial charge on any atom is 0.259 e. The molecule has 1 aromatic rings. The second-order valence-electron chi connectivity index (χ2n) is 4.09. The number of nitrogens with zero attached hydrogens (tertiary/aromatic N) is 1. The molecule has 0 saturated carbocycles. The first-order chi connectivity index (χ1) is 8.09. The molecule has 1 heterocycles. The largest absolute Gasteiger partial charge is 0.337 e. The van der Waals surface area contributed by atoms with E-state index in [9.17, 15) is 13.6 Å². The van der Waals surface area contributed by atoms with Gasteiger partial charge in [0.2, 0.25) is 0 Å². The fourth-order valence-electron chi connectivity index (χ4n) is 1.97. The maximum atomic E-state index is 13.4. The number of alkyl halides is 1. The number of benzene rings is 1. The van der Waals surface area contributed by atoms with E-state index < -0.39 is 23.1 Å². The highest BCUT2D eigenvalue weighted by molar-refractivity contribution is 6.21. The van der Waals surface area contributed by atoms with Crippen LogP contribution in [0.1, 0.15) is 23.2 Å². The summed E-state index contributed by atoms with van der Waals surface area (Å²) in [6.07, 6.45) is 1.58. The molecular formula is C12H12ClF2NO. The van der Waals surface area contributed by atoms with Crippen LogP contribution >= 0.6 is 11.6 Å². The van der Waals surface area contributed by atoms with E-state index >= 15 is 0 Å². The first-order valence-electron chi connectivity index (χ1n) is 5.47. The van der Waals surface area contributed by atoms with Gasteiger partial charge in [-0.2, -0.15) is 0 Å². The van der Waals surface area contributed by atoms with Gasteiger partial charge in [0.25, 0.3) is 5.91 Å². The van der Waals surface area contributed by atoms with Gasteiger partial charge in [-0.05, 0) is 25.0 Å². The molecule has 2 nitrogen and oxygen atoms in total. The van der Waals surface area contributed by atoms with E-state index in [1.54, 1.807) is 0 Å². The van der Waals surface area contributed by atoms with Gasteiger partial charge in [-0.25, -0.2) is 8.78 Å². The van der Waals surface area contributed by atoms with Crippen molar-refractivity contribution in [2.24, 2.45) is 0 Å². The first kappa shape index (κ1) is 12.3. The van der Waals surface area contributed by atoms with Gasteiger partial charge < -0.3 is 4.90 Å². The zero-order valence-corrected chi connectivity index (χ0v) is 9.88. The zero-order chi connectivity index (χ0) is 12.4. The number of amides is 1. The minimum atomic E-state index is -0.827. The van der Waals surface area contributed by atoms with Crippen LogP contribution in [0.5, 0.6) is 0 Å². The molecule has 17 heavy (non-hydrogen) atoms. The molecule has 0 aliphatic carbocycles. The number of rotatable bonds is 1. The Labute approximate surface area is 103 Å². The number of carbonyl (C=O) groups excluding carboxylic acids is 1. The van der Waals surface area contributed by atoms with Gasteiger partial charge >= 0.3 is 0 Å². The third-order valence-corrected chi connectivity index (χ3v) is 3.18. The SMILES string of the molecule is O=C(c1c(F)cccc1F)N1CCCC(Cl)C1. The van der Waals surface area contributed by atoms with E-state index in [0.29, 0.717) is 13.1 Å². The molecule has 0 radical (unpaired) electrons. The standard InChI is InChI=1S/C12H12ClF2NO/c13-8-3-2-6-16(7-8)12(17)11-9(14)4-1-5-10(11)15/h1,4-5,8H,2-3,6-7H2. The summed E-state index contributed by atoms with van der Waals surface area (Å²) in [6, 6.07) is 3.40. The molecule has 2 rings (SSSR count). The van der Waals surface area contributed by atoms with Crippen molar-refractivity contribution in [2.45, 2.75) is 18.2 Å². The molecule has 1 aliphatic heterocycles. The Morgan fingerprint density at radius 1 is 1.35 bits per heavy atom. The Morgan fingerprint density at radius 2 is 2.00 bits per heavy atom. The number of carbonyl (C=O) groups is 1. The number of halogens is 3. The topological polar surface area (TPSA) is 20.3 Å². The molecular weight excluding hydrogens is 248 g/mol. The predicted molar refractivity (Wildman–Crippen MR) is 61.1 cm³/mol. The van der Waals surface area contributed by atoms with E-state index in [2.05, 4.69) is 0 Å². The minimum Gasteiger partial charge on any atom is -0.337 e. The highest BCUT2D eigenvalue weighted by atomic mass is 35.5. The Morgan fingerprint density at radius 3 is 2.59 bits per heavy atom. The molecule has 92 valence electrons. The monoisotopic (exact) mass is 259 g/mol. The fraction of sp³-hybridized carbons (Fsp3) is 0.417. The molecule has 0 N–H and O–H groups in total. The van der Waals surface area contributed by atoms with Gasteiger partial charge in [-0.15, -0.1) is 11.6 Å². The minimum absolute atomic E-state index is 0.137. The van der Waals surface area contributed by atoms with Crippen molar-refractivity contribution in [3.63, 3.8) is 0 Å². The van der Waals surface area contributed by atoms with Crippen LogP contribution in [0, 0.1) is 11.6 Å². The maximum absolute atomic E-state index is 13.4. The molecule has 1 saturated heterocycles. The van der Waals surface area contributed by atoms with Crippen LogP contribution in [0.2, 0.25) is 0 Å². The lowest BCUT2D eigenvalue weighted by molar-refractivity contribution is 0.0717. The van der Waals surface area contributed by atoms with Crippen LogP contribution in [0.4, 0.5) is 8.78 Å². The quantitative estimate of drug-likeness (QED) is 0.710. The molecule has 0 aromatic heterocycles. The van der Waals surface area contributed by atoms with Gasteiger partial charge in [-0.1, -0.05) is 6.07 Å². The number of likely N-dealkylation sites (tertiary alicyclic amines) is 1. The van der Waals surface area contributed by atoms with Crippen molar-refractivity contribution in [3.05, 3.63) is 35.4 Å². The summed E-state index contributed by atoms with van der Waals surface area (Å²) >= 11 is 5.94. The van der Waals surface area contributed by atoms with Crippen molar-refractivity contribution in [1.29, 1.82) is 0 Å². The van der Waals surface area contributed by atoms with E-state index in [1.807, 2.05) is 0 Å². The molecule has 5 heteroatoms. The lowest BCUT2D eigenvalue weighted by Crippen LogP contribution is -2.41. The third-order valence-electron chi connectivity index (χ3n) is 2.83. The Hall–Kier alpha value is -1.16. The summed E-state index contributed by atoms with van der Waals surface area (Å²) in [5.74, 6) is -2.27.